The van der Waals surface area contributed by atoms with E-state index >= 15 is 0 Å². The minimum atomic E-state index is -1.13. The van der Waals surface area contributed by atoms with Crippen molar-refractivity contribution in [2.24, 2.45) is 0 Å². The van der Waals surface area contributed by atoms with Gasteiger partial charge in [0.1, 0.15) is 11.3 Å². The molecule has 8 heteroatoms. The van der Waals surface area contributed by atoms with E-state index < -0.39 is 23.8 Å². The van der Waals surface area contributed by atoms with E-state index in [0.29, 0.717) is 17.9 Å². The van der Waals surface area contributed by atoms with Crippen LogP contribution in [-0.2, 0) is 9.59 Å². The van der Waals surface area contributed by atoms with Crippen LogP contribution in [0.5, 0.6) is 5.75 Å². The number of hydrogen-bond acceptors (Lipinski definition) is 5. The Morgan fingerprint density at radius 1 is 1.07 bits per heavy atom. The lowest BCUT2D eigenvalue weighted by atomic mass is 10.1. The number of rotatable bonds is 6. The number of carbonyl (C=O) groups is 4. The van der Waals surface area contributed by atoms with Gasteiger partial charge in [-0.05, 0) is 54.5 Å². The highest BCUT2D eigenvalue weighted by Crippen LogP contribution is 2.23. The van der Waals surface area contributed by atoms with Crippen molar-refractivity contribution in [3.05, 3.63) is 65.2 Å². The molecule has 1 aliphatic rings. The summed E-state index contributed by atoms with van der Waals surface area (Å²) in [6.45, 7) is 2.58. The highest BCUT2D eigenvalue weighted by molar-refractivity contribution is 6.39. The normalized spacial score (nSPS) is 15.4. The molecule has 1 heterocycles. The highest BCUT2D eigenvalue weighted by atomic mass is 16.5. The number of benzene rings is 2. The van der Waals surface area contributed by atoms with Crippen LogP contribution in [-0.4, -0.2) is 35.5 Å². The van der Waals surface area contributed by atoms with Crippen molar-refractivity contribution < 1.29 is 29.0 Å². The standard InChI is InChI=1S/C21H18N2O6/c1-2-11-29-16-9-3-13(4-10-16)12-17-18(24)22-21(28)23(19(17)25)15-7-5-14(6-8-15)20(26)27/h3-10,12H,2,11H2,1H3,(H,26,27)(H,22,24,28)/b17-12+. The number of hydrogen-bond donors (Lipinski definition) is 2. The Labute approximate surface area is 166 Å². The smallest absolute Gasteiger partial charge is 0.335 e. The Hall–Kier alpha value is -3.94. The number of imide groups is 2. The van der Waals surface area contributed by atoms with Crippen molar-refractivity contribution in [1.29, 1.82) is 0 Å². The van der Waals surface area contributed by atoms with Gasteiger partial charge in [-0.2, -0.15) is 0 Å². The van der Waals surface area contributed by atoms with E-state index in [1.54, 1.807) is 24.3 Å². The number of anilines is 1. The molecule has 0 saturated carbocycles. The minimum Gasteiger partial charge on any atom is -0.494 e. The third-order valence-electron chi connectivity index (χ3n) is 4.14. The SMILES string of the molecule is CCCOc1ccc(/C=C2\C(=O)NC(=O)N(c3ccc(C(=O)O)cc3)C2=O)cc1. The summed E-state index contributed by atoms with van der Waals surface area (Å²) in [6, 6.07) is 11.1. The second kappa shape index (κ2) is 8.39. The maximum Gasteiger partial charge on any atom is 0.335 e. The summed E-state index contributed by atoms with van der Waals surface area (Å²) >= 11 is 0. The summed E-state index contributed by atoms with van der Waals surface area (Å²) in [5.74, 6) is -2.06. The zero-order valence-electron chi connectivity index (χ0n) is 15.5. The van der Waals surface area contributed by atoms with Crippen LogP contribution >= 0.6 is 0 Å². The van der Waals surface area contributed by atoms with E-state index in [4.69, 9.17) is 9.84 Å². The molecule has 2 aromatic carbocycles. The molecule has 3 rings (SSSR count). The maximum absolute atomic E-state index is 12.8. The Morgan fingerprint density at radius 3 is 2.31 bits per heavy atom. The number of barbiturate groups is 1. The molecular formula is C21H18N2O6. The predicted octanol–water partition coefficient (Wildman–Crippen LogP) is 2.84. The molecule has 0 radical (unpaired) electrons. The van der Waals surface area contributed by atoms with Crippen LogP contribution in [0.25, 0.3) is 6.08 Å². The molecule has 0 spiro atoms. The molecule has 2 N–H and O–H groups in total. The van der Waals surface area contributed by atoms with Gasteiger partial charge in [-0.15, -0.1) is 0 Å². The van der Waals surface area contributed by atoms with E-state index in [-0.39, 0.29) is 16.8 Å². The Balaban J connectivity index is 1.88. The van der Waals surface area contributed by atoms with Gasteiger partial charge in [-0.1, -0.05) is 19.1 Å². The summed E-state index contributed by atoms with van der Waals surface area (Å²) < 4.78 is 5.50. The van der Waals surface area contributed by atoms with Crippen molar-refractivity contribution in [2.75, 3.05) is 11.5 Å². The van der Waals surface area contributed by atoms with Gasteiger partial charge in [0.15, 0.2) is 0 Å². The fourth-order valence-electron chi connectivity index (χ4n) is 2.69. The zero-order valence-corrected chi connectivity index (χ0v) is 15.5. The number of aromatic carboxylic acids is 1. The van der Waals surface area contributed by atoms with Gasteiger partial charge < -0.3 is 9.84 Å². The molecule has 1 saturated heterocycles. The van der Waals surface area contributed by atoms with Gasteiger partial charge in [0.2, 0.25) is 0 Å². The summed E-state index contributed by atoms with van der Waals surface area (Å²) in [7, 11) is 0. The van der Waals surface area contributed by atoms with E-state index in [9.17, 15) is 19.2 Å². The molecule has 4 amide bonds. The van der Waals surface area contributed by atoms with Crippen LogP contribution in [0.15, 0.2) is 54.1 Å². The minimum absolute atomic E-state index is 0.0100. The van der Waals surface area contributed by atoms with Crippen molar-refractivity contribution >= 4 is 35.6 Å². The van der Waals surface area contributed by atoms with Crippen LogP contribution < -0.4 is 15.0 Å². The lowest BCUT2D eigenvalue weighted by molar-refractivity contribution is -0.122. The van der Waals surface area contributed by atoms with Gasteiger partial charge in [-0.3, -0.25) is 14.9 Å². The molecule has 0 unspecified atom stereocenters. The van der Waals surface area contributed by atoms with Gasteiger partial charge >= 0.3 is 12.0 Å². The lowest BCUT2D eigenvalue weighted by Crippen LogP contribution is -2.54. The predicted molar refractivity (Wildman–Crippen MR) is 105 cm³/mol. The number of nitrogens with one attached hydrogen (secondary N) is 1. The summed E-state index contributed by atoms with van der Waals surface area (Å²) in [6.07, 6.45) is 2.25. The lowest BCUT2D eigenvalue weighted by Gasteiger charge is -2.26. The van der Waals surface area contributed by atoms with E-state index in [1.165, 1.54) is 30.3 Å². The second-order valence-corrected chi connectivity index (χ2v) is 6.23. The average Bonchev–Trinajstić information content (AvgIpc) is 2.70. The van der Waals surface area contributed by atoms with Crippen LogP contribution in [0.2, 0.25) is 0 Å². The van der Waals surface area contributed by atoms with Crippen LogP contribution in [0, 0.1) is 0 Å². The van der Waals surface area contributed by atoms with Crippen LogP contribution in [0.4, 0.5) is 10.5 Å². The van der Waals surface area contributed by atoms with E-state index in [1.807, 2.05) is 6.92 Å². The van der Waals surface area contributed by atoms with Gasteiger partial charge in [0.25, 0.3) is 11.8 Å². The van der Waals surface area contributed by atoms with Crippen molar-refractivity contribution in [2.45, 2.75) is 13.3 Å². The molecule has 1 fully saturated rings. The monoisotopic (exact) mass is 394 g/mol. The Kier molecular flexibility index (Phi) is 5.73. The molecule has 0 aromatic heterocycles. The van der Waals surface area contributed by atoms with Gasteiger partial charge in [0, 0.05) is 0 Å². The number of carboxylic acid groups (broad SMARTS) is 1. The zero-order chi connectivity index (χ0) is 21.0. The first-order valence-electron chi connectivity index (χ1n) is 8.88. The molecule has 1 aliphatic heterocycles. The highest BCUT2D eigenvalue weighted by Gasteiger charge is 2.36. The topological polar surface area (TPSA) is 113 Å². The molecule has 2 aromatic rings. The van der Waals surface area contributed by atoms with Crippen LogP contribution in [0.3, 0.4) is 0 Å². The van der Waals surface area contributed by atoms with E-state index in [0.717, 1.165) is 11.3 Å². The fraction of sp³-hybridized carbons (Fsp3) is 0.143. The Bertz CT molecular complexity index is 993. The molecule has 0 aliphatic carbocycles. The molecular weight excluding hydrogens is 376 g/mol. The molecule has 29 heavy (non-hydrogen) atoms. The fourth-order valence-corrected chi connectivity index (χ4v) is 2.69. The number of nitrogens with zero attached hydrogens (tertiary/aromatic N) is 1. The van der Waals surface area contributed by atoms with Crippen LogP contribution in [0.1, 0.15) is 29.3 Å². The molecule has 0 bridgehead atoms. The molecule has 0 atom stereocenters. The van der Waals surface area contributed by atoms with Crippen molar-refractivity contribution in [1.82, 2.24) is 5.32 Å². The Morgan fingerprint density at radius 2 is 1.72 bits per heavy atom. The average molecular weight is 394 g/mol. The second-order valence-electron chi connectivity index (χ2n) is 6.23. The van der Waals surface area contributed by atoms with E-state index in [2.05, 4.69) is 5.32 Å². The number of urea groups is 1. The quantitative estimate of drug-likeness (QED) is 0.575. The summed E-state index contributed by atoms with van der Waals surface area (Å²) in [4.78, 5) is 49.0. The third-order valence-corrected chi connectivity index (χ3v) is 4.14. The van der Waals surface area contributed by atoms with Crippen molar-refractivity contribution in [3.63, 3.8) is 0 Å². The molecule has 8 nitrogen and oxygen atoms in total. The number of amides is 4. The first kappa shape index (κ1) is 19.8. The van der Waals surface area contributed by atoms with Gasteiger partial charge in [0.05, 0.1) is 17.9 Å². The number of carbonyl (C=O) groups excluding carboxylic acids is 3. The van der Waals surface area contributed by atoms with Crippen molar-refractivity contribution in [3.8, 4) is 5.75 Å². The molecule has 148 valence electrons. The van der Waals surface area contributed by atoms with Gasteiger partial charge in [-0.25, -0.2) is 14.5 Å². The summed E-state index contributed by atoms with van der Waals surface area (Å²) in [5, 5.41) is 11.1. The number of carboxylic acids is 1. The largest absolute Gasteiger partial charge is 0.494 e. The summed E-state index contributed by atoms with van der Waals surface area (Å²) in [5.41, 5.74) is 0.534. The first-order chi connectivity index (χ1) is 13.9. The first-order valence-corrected chi connectivity index (χ1v) is 8.88. The number of ether oxygens (including phenoxy) is 1. The maximum atomic E-state index is 12.8. The third kappa shape index (κ3) is 4.32.